The van der Waals surface area contributed by atoms with Gasteiger partial charge in [-0.2, -0.15) is 10.5 Å². The van der Waals surface area contributed by atoms with Crippen molar-refractivity contribution in [3.8, 4) is 36.0 Å². The van der Waals surface area contributed by atoms with Crippen molar-refractivity contribution in [2.75, 3.05) is 19.5 Å². The molecule has 0 saturated carbocycles. The first kappa shape index (κ1) is 19.5. The first-order chi connectivity index (χ1) is 14.0. The molecule has 0 radical (unpaired) electrons. The van der Waals surface area contributed by atoms with Gasteiger partial charge in [0.05, 0.1) is 7.11 Å². The fourth-order valence-electron chi connectivity index (χ4n) is 3.45. The molecule has 1 heterocycles. The number of benzene rings is 1. The lowest BCUT2D eigenvalue weighted by Crippen LogP contribution is -2.20. The molecule has 1 aromatic heterocycles. The number of hydrogen-bond donors (Lipinski definition) is 1. The predicted molar refractivity (Wildman–Crippen MR) is 110 cm³/mol. The van der Waals surface area contributed by atoms with Gasteiger partial charge in [0, 0.05) is 5.56 Å². The molecule has 1 aromatic carbocycles. The highest BCUT2D eigenvalue weighted by molar-refractivity contribution is 6.07. The third-order valence-electron chi connectivity index (χ3n) is 4.86. The summed E-state index contributed by atoms with van der Waals surface area (Å²) >= 11 is 0. The zero-order valence-corrected chi connectivity index (χ0v) is 16.4. The number of aromatic amines is 1. The minimum Gasteiger partial charge on any atom is -0.493 e. The van der Waals surface area contributed by atoms with E-state index < -0.39 is 0 Å². The van der Waals surface area contributed by atoms with Crippen molar-refractivity contribution < 1.29 is 14.5 Å². The maximum absolute atomic E-state index is 9.66. The molecule has 0 fully saturated rings. The van der Waals surface area contributed by atoms with Gasteiger partial charge in [-0.3, -0.25) is 5.73 Å². The van der Waals surface area contributed by atoms with Crippen LogP contribution >= 0.6 is 0 Å². The molecule has 0 bridgehead atoms. The summed E-state index contributed by atoms with van der Waals surface area (Å²) in [7, 11) is 1.56. The Kier molecular flexibility index (Phi) is 5.26. The van der Waals surface area contributed by atoms with Gasteiger partial charge in [-0.05, 0) is 54.3 Å². The number of H-pyrrole nitrogens is 1. The summed E-state index contributed by atoms with van der Waals surface area (Å²) in [6, 6.07) is 9.86. The first-order valence-corrected chi connectivity index (χ1v) is 8.80. The number of ether oxygens (including phenoxy) is 2. The Bertz CT molecular complexity index is 1200. The van der Waals surface area contributed by atoms with E-state index in [-0.39, 0.29) is 12.4 Å². The zero-order chi connectivity index (χ0) is 21.1. The lowest BCUT2D eigenvalue weighted by Gasteiger charge is -2.11. The van der Waals surface area contributed by atoms with Crippen LogP contribution in [0.5, 0.6) is 11.5 Å². The van der Waals surface area contributed by atoms with Crippen molar-refractivity contribution in [3.05, 3.63) is 51.7 Å². The van der Waals surface area contributed by atoms with Gasteiger partial charge in [-0.1, -0.05) is 12.0 Å². The number of terminal acetylenes is 1. The number of nitrogen functional groups attached to an aromatic ring is 1. The van der Waals surface area contributed by atoms with Crippen LogP contribution in [0.1, 0.15) is 34.9 Å². The van der Waals surface area contributed by atoms with Crippen LogP contribution in [-0.4, -0.2) is 13.7 Å². The van der Waals surface area contributed by atoms with Gasteiger partial charge in [0.25, 0.3) is 5.82 Å². The van der Waals surface area contributed by atoms with Crippen LogP contribution in [0.4, 0.5) is 5.82 Å². The van der Waals surface area contributed by atoms with Crippen molar-refractivity contribution >= 4 is 23.0 Å². The van der Waals surface area contributed by atoms with E-state index in [0.717, 1.165) is 27.8 Å². The maximum atomic E-state index is 9.66. The Morgan fingerprint density at radius 3 is 2.59 bits per heavy atom. The number of hydrogen-bond acceptors (Lipinski definition) is 5. The third kappa shape index (κ3) is 3.27. The average molecular weight is 383 g/mol. The Morgan fingerprint density at radius 1 is 1.21 bits per heavy atom. The number of nitrogens with zero attached hydrogens (tertiary/aromatic N) is 2. The zero-order valence-electron chi connectivity index (χ0n) is 16.4. The van der Waals surface area contributed by atoms with Crippen LogP contribution in [0.25, 0.3) is 17.2 Å². The van der Waals surface area contributed by atoms with Crippen molar-refractivity contribution in [2.45, 2.75) is 13.8 Å². The molecule has 142 valence electrons. The van der Waals surface area contributed by atoms with Gasteiger partial charge >= 0.3 is 0 Å². The lowest BCUT2D eigenvalue weighted by atomic mass is 9.95. The summed E-state index contributed by atoms with van der Waals surface area (Å²) in [4.78, 5) is 3.02. The molecular formula is C23H19N4O2+. The highest BCUT2D eigenvalue weighted by Gasteiger charge is 2.32. The van der Waals surface area contributed by atoms with Crippen molar-refractivity contribution in [3.63, 3.8) is 0 Å². The summed E-state index contributed by atoms with van der Waals surface area (Å²) in [6.07, 6.45) is 7.20. The highest BCUT2D eigenvalue weighted by Crippen LogP contribution is 2.43. The topological polar surface area (TPSA) is 106 Å². The van der Waals surface area contributed by atoms with E-state index in [2.05, 4.69) is 23.0 Å². The fraction of sp³-hybridized carbons (Fsp3) is 0.174. The monoisotopic (exact) mass is 383 g/mol. The van der Waals surface area contributed by atoms with Crippen molar-refractivity contribution in [1.82, 2.24) is 0 Å². The van der Waals surface area contributed by atoms with Gasteiger partial charge in [0.15, 0.2) is 17.2 Å². The molecule has 6 nitrogen and oxygen atoms in total. The summed E-state index contributed by atoms with van der Waals surface area (Å²) in [5.41, 5.74) is 11.5. The van der Waals surface area contributed by atoms with Crippen molar-refractivity contribution in [1.29, 1.82) is 10.5 Å². The number of fused-ring (bicyclic) bond motifs is 1. The van der Waals surface area contributed by atoms with E-state index >= 15 is 0 Å². The molecule has 6 heteroatoms. The Balaban J connectivity index is 2.19. The third-order valence-corrected chi connectivity index (χ3v) is 4.86. The second-order valence-electron chi connectivity index (χ2n) is 6.47. The normalized spacial score (nSPS) is 13.4. The summed E-state index contributed by atoms with van der Waals surface area (Å²) in [5, 5.41) is 19.1. The number of methoxy groups -OCH3 is 1. The molecule has 1 aliphatic carbocycles. The van der Waals surface area contributed by atoms with Crippen LogP contribution in [-0.2, 0) is 0 Å². The van der Waals surface area contributed by atoms with E-state index in [1.165, 1.54) is 0 Å². The molecular weight excluding hydrogens is 364 g/mol. The van der Waals surface area contributed by atoms with Gasteiger partial charge in [0.1, 0.15) is 29.9 Å². The van der Waals surface area contributed by atoms with Crippen LogP contribution in [0.15, 0.2) is 23.8 Å². The number of nitriles is 2. The summed E-state index contributed by atoms with van der Waals surface area (Å²) in [6.45, 7) is 3.85. The van der Waals surface area contributed by atoms with E-state index in [1.807, 2.05) is 32.1 Å². The van der Waals surface area contributed by atoms with E-state index in [4.69, 9.17) is 21.6 Å². The van der Waals surface area contributed by atoms with Gasteiger partial charge in [0.2, 0.25) is 0 Å². The van der Waals surface area contributed by atoms with Crippen LogP contribution in [0.2, 0.25) is 0 Å². The van der Waals surface area contributed by atoms with E-state index in [9.17, 15) is 10.5 Å². The smallest absolute Gasteiger partial charge is 0.289 e. The molecule has 29 heavy (non-hydrogen) atoms. The molecule has 3 N–H and O–H groups in total. The first-order valence-electron chi connectivity index (χ1n) is 8.80. The Hall–Kier alpha value is -4.21. The van der Waals surface area contributed by atoms with Crippen molar-refractivity contribution in [2.24, 2.45) is 0 Å². The molecule has 0 saturated heterocycles. The second kappa shape index (κ2) is 7.80. The van der Waals surface area contributed by atoms with E-state index in [1.54, 1.807) is 13.2 Å². The largest absolute Gasteiger partial charge is 0.493 e. The number of nitrogens with two attached hydrogens (primary N) is 1. The predicted octanol–water partition coefficient (Wildman–Crippen LogP) is 3.13. The average Bonchev–Trinajstić information content (AvgIpc) is 2.97. The Labute approximate surface area is 169 Å². The molecule has 0 atom stereocenters. The Morgan fingerprint density at radius 2 is 1.97 bits per heavy atom. The van der Waals surface area contributed by atoms with Crippen LogP contribution in [0, 0.1) is 41.9 Å². The molecule has 0 aliphatic heterocycles. The molecule has 2 aromatic rings. The summed E-state index contributed by atoms with van der Waals surface area (Å²) < 4.78 is 10.9. The highest BCUT2D eigenvalue weighted by atomic mass is 16.5. The number of allylic oxidation sites excluding steroid dienone is 3. The second-order valence-corrected chi connectivity index (χ2v) is 6.47. The fourth-order valence-corrected chi connectivity index (χ4v) is 3.45. The molecule has 1 aliphatic rings. The minimum absolute atomic E-state index is 0.144. The van der Waals surface area contributed by atoms with Crippen LogP contribution < -0.4 is 20.2 Å². The quantitative estimate of drug-likeness (QED) is 0.817. The summed E-state index contributed by atoms with van der Waals surface area (Å²) in [5.74, 6) is 3.77. The van der Waals surface area contributed by atoms with Crippen LogP contribution in [0.3, 0.4) is 0 Å². The number of pyridine rings is 1. The minimum atomic E-state index is 0.144. The molecule has 0 spiro atoms. The molecule has 0 amide bonds. The number of anilines is 1. The number of rotatable bonds is 4. The SMILES string of the molecule is C#CCOc1ccc(C=C2C(C)=C(C#N)c3[nH+]c(N)c(C#N)c(C)c32)cc1OC. The lowest BCUT2D eigenvalue weighted by molar-refractivity contribution is -0.364. The molecule has 3 rings (SSSR count). The number of nitrogens with one attached hydrogen (secondary N) is 1. The van der Waals surface area contributed by atoms with E-state index in [0.29, 0.717) is 28.3 Å². The molecule has 0 unspecified atom stereocenters. The maximum Gasteiger partial charge on any atom is 0.289 e. The number of aromatic nitrogens is 1. The standard InChI is InChI=1S/C23H18N4O2/c1-5-8-29-19-7-6-15(10-20(19)28-4)9-16-13(2)17(11-24)22-21(16)14(3)18(12-25)23(26)27-22/h1,6-7,9-10H,8H2,2-4H3,(H2,26,27)/p+1. The van der Waals surface area contributed by atoms with Gasteiger partial charge < -0.3 is 9.47 Å². The van der Waals surface area contributed by atoms with Gasteiger partial charge in [-0.25, -0.2) is 4.98 Å². The van der Waals surface area contributed by atoms with Gasteiger partial charge in [-0.15, -0.1) is 6.42 Å².